The van der Waals surface area contributed by atoms with Crippen molar-refractivity contribution in [2.24, 2.45) is 0 Å². The Balaban J connectivity index is 1.79. The SMILES string of the molecule is Cc1nc2n(n1)CCN(C(=O)c1cc(C(C)(C)C)[nH]n1)C2. The number of carbonyl (C=O) groups excluding carboxylic acids is 1. The van der Waals surface area contributed by atoms with E-state index in [0.717, 1.165) is 17.3 Å². The zero-order chi connectivity index (χ0) is 15.2. The number of fused-ring (bicyclic) bond motifs is 1. The highest BCUT2D eigenvalue weighted by Gasteiger charge is 2.26. The van der Waals surface area contributed by atoms with E-state index in [4.69, 9.17) is 0 Å². The van der Waals surface area contributed by atoms with Gasteiger partial charge in [-0.1, -0.05) is 20.8 Å². The predicted octanol–water partition coefficient (Wildman–Crippen LogP) is 1.26. The molecule has 1 aliphatic rings. The highest BCUT2D eigenvalue weighted by molar-refractivity contribution is 5.92. The lowest BCUT2D eigenvalue weighted by molar-refractivity contribution is 0.0696. The van der Waals surface area contributed by atoms with E-state index in [9.17, 15) is 4.79 Å². The van der Waals surface area contributed by atoms with Crippen molar-refractivity contribution in [1.82, 2.24) is 29.9 Å². The second kappa shape index (κ2) is 4.68. The Kier molecular flexibility index (Phi) is 3.07. The fourth-order valence-electron chi connectivity index (χ4n) is 2.41. The molecule has 0 aromatic carbocycles. The number of H-pyrrole nitrogens is 1. The van der Waals surface area contributed by atoms with Crippen LogP contribution < -0.4 is 0 Å². The first-order valence-corrected chi connectivity index (χ1v) is 7.10. The highest BCUT2D eigenvalue weighted by Crippen LogP contribution is 2.21. The number of nitrogens with one attached hydrogen (secondary N) is 1. The molecule has 2 aromatic heterocycles. The molecule has 0 aliphatic carbocycles. The van der Waals surface area contributed by atoms with Gasteiger partial charge in [-0.2, -0.15) is 10.2 Å². The fraction of sp³-hybridized carbons (Fsp3) is 0.571. The van der Waals surface area contributed by atoms with Gasteiger partial charge in [0.25, 0.3) is 5.91 Å². The fourth-order valence-corrected chi connectivity index (χ4v) is 2.41. The van der Waals surface area contributed by atoms with E-state index < -0.39 is 0 Å². The van der Waals surface area contributed by atoms with Crippen molar-refractivity contribution in [3.8, 4) is 0 Å². The average molecular weight is 288 g/mol. The second-order valence-electron chi connectivity index (χ2n) is 6.44. The standard InChI is InChI=1S/C14H20N6O/c1-9-15-12-8-19(5-6-20(12)18-9)13(21)10-7-11(17-16-10)14(2,3)4/h7H,5-6,8H2,1-4H3,(H,16,17). The molecule has 2 aromatic rings. The molecule has 7 nitrogen and oxygen atoms in total. The number of aryl methyl sites for hydroxylation is 1. The molecule has 1 N–H and O–H groups in total. The van der Waals surface area contributed by atoms with E-state index in [1.165, 1.54) is 0 Å². The van der Waals surface area contributed by atoms with Crippen LogP contribution in [0, 0.1) is 6.92 Å². The van der Waals surface area contributed by atoms with Crippen LogP contribution in [0.25, 0.3) is 0 Å². The van der Waals surface area contributed by atoms with Gasteiger partial charge in [0.15, 0.2) is 0 Å². The Morgan fingerprint density at radius 3 is 2.76 bits per heavy atom. The number of aromatic nitrogens is 5. The molecule has 0 radical (unpaired) electrons. The van der Waals surface area contributed by atoms with Gasteiger partial charge < -0.3 is 4.90 Å². The summed E-state index contributed by atoms with van der Waals surface area (Å²) in [6.07, 6.45) is 0. The third kappa shape index (κ3) is 2.55. The first-order chi connectivity index (χ1) is 9.84. The lowest BCUT2D eigenvalue weighted by atomic mass is 9.92. The Bertz CT molecular complexity index is 678. The Morgan fingerprint density at radius 2 is 2.10 bits per heavy atom. The molecule has 0 bridgehead atoms. The van der Waals surface area contributed by atoms with Gasteiger partial charge in [0.1, 0.15) is 17.3 Å². The first kappa shape index (κ1) is 13.8. The largest absolute Gasteiger partial charge is 0.328 e. The maximum atomic E-state index is 12.5. The molecule has 0 fully saturated rings. The summed E-state index contributed by atoms with van der Waals surface area (Å²) in [5.41, 5.74) is 1.37. The maximum Gasteiger partial charge on any atom is 0.274 e. The second-order valence-corrected chi connectivity index (χ2v) is 6.44. The van der Waals surface area contributed by atoms with Crippen molar-refractivity contribution in [3.63, 3.8) is 0 Å². The molecule has 0 saturated carbocycles. The van der Waals surface area contributed by atoms with Crippen molar-refractivity contribution in [2.45, 2.75) is 46.2 Å². The van der Waals surface area contributed by atoms with Crippen LogP contribution in [0.5, 0.6) is 0 Å². The number of hydrogen-bond acceptors (Lipinski definition) is 4. The molecule has 7 heteroatoms. The third-order valence-electron chi connectivity index (χ3n) is 3.66. The van der Waals surface area contributed by atoms with Crippen molar-refractivity contribution in [1.29, 1.82) is 0 Å². The molecule has 112 valence electrons. The van der Waals surface area contributed by atoms with E-state index in [-0.39, 0.29) is 11.3 Å². The molecule has 0 atom stereocenters. The molecule has 3 heterocycles. The number of amides is 1. The Labute approximate surface area is 123 Å². The summed E-state index contributed by atoms with van der Waals surface area (Å²) in [5, 5.41) is 11.4. The predicted molar refractivity (Wildman–Crippen MR) is 76.8 cm³/mol. The van der Waals surface area contributed by atoms with Crippen molar-refractivity contribution >= 4 is 5.91 Å². The van der Waals surface area contributed by atoms with Gasteiger partial charge in [0.05, 0.1) is 13.1 Å². The molecular weight excluding hydrogens is 268 g/mol. The zero-order valence-corrected chi connectivity index (χ0v) is 12.8. The minimum absolute atomic E-state index is 0.0509. The molecule has 3 rings (SSSR count). The maximum absolute atomic E-state index is 12.5. The van der Waals surface area contributed by atoms with Gasteiger partial charge in [0, 0.05) is 17.7 Å². The Morgan fingerprint density at radius 1 is 1.33 bits per heavy atom. The van der Waals surface area contributed by atoms with Crippen LogP contribution in [0.1, 0.15) is 48.6 Å². The summed E-state index contributed by atoms with van der Waals surface area (Å²) >= 11 is 0. The van der Waals surface area contributed by atoms with Crippen LogP contribution in [0.4, 0.5) is 0 Å². The van der Waals surface area contributed by atoms with Crippen molar-refractivity contribution in [2.75, 3.05) is 6.54 Å². The first-order valence-electron chi connectivity index (χ1n) is 7.10. The third-order valence-corrected chi connectivity index (χ3v) is 3.66. The molecule has 1 amide bonds. The van der Waals surface area contributed by atoms with Crippen LogP contribution in [0.2, 0.25) is 0 Å². The minimum atomic E-state index is -0.0614. The monoisotopic (exact) mass is 288 g/mol. The lowest BCUT2D eigenvalue weighted by Crippen LogP contribution is -2.38. The topological polar surface area (TPSA) is 79.7 Å². The van der Waals surface area contributed by atoms with Crippen LogP contribution in [-0.2, 0) is 18.5 Å². The van der Waals surface area contributed by atoms with E-state index in [1.54, 1.807) is 4.90 Å². The van der Waals surface area contributed by atoms with Gasteiger partial charge in [-0.3, -0.25) is 9.89 Å². The van der Waals surface area contributed by atoms with Crippen molar-refractivity contribution in [3.05, 3.63) is 29.1 Å². The van der Waals surface area contributed by atoms with Gasteiger partial charge in [0.2, 0.25) is 0 Å². The number of hydrogen-bond donors (Lipinski definition) is 1. The van der Waals surface area contributed by atoms with Gasteiger partial charge in [-0.15, -0.1) is 0 Å². The summed E-state index contributed by atoms with van der Waals surface area (Å²) in [7, 11) is 0. The summed E-state index contributed by atoms with van der Waals surface area (Å²) in [5.74, 6) is 1.52. The molecule has 0 unspecified atom stereocenters. The summed E-state index contributed by atoms with van der Waals surface area (Å²) < 4.78 is 1.87. The molecule has 1 aliphatic heterocycles. The van der Waals surface area contributed by atoms with E-state index >= 15 is 0 Å². The van der Waals surface area contributed by atoms with Crippen LogP contribution in [-0.4, -0.2) is 42.3 Å². The number of aromatic amines is 1. The summed E-state index contributed by atoms with van der Waals surface area (Å²) in [4.78, 5) is 18.7. The number of rotatable bonds is 1. The van der Waals surface area contributed by atoms with Gasteiger partial charge in [-0.25, -0.2) is 9.67 Å². The molecule has 0 spiro atoms. The van der Waals surface area contributed by atoms with E-state index in [2.05, 4.69) is 41.1 Å². The van der Waals surface area contributed by atoms with Crippen molar-refractivity contribution < 1.29 is 4.79 Å². The highest BCUT2D eigenvalue weighted by atomic mass is 16.2. The summed E-state index contributed by atoms with van der Waals surface area (Å²) in [6, 6.07) is 1.84. The van der Waals surface area contributed by atoms with Gasteiger partial charge >= 0.3 is 0 Å². The Hall–Kier alpha value is -2.18. The van der Waals surface area contributed by atoms with Crippen LogP contribution in [0.15, 0.2) is 6.07 Å². The molecule has 21 heavy (non-hydrogen) atoms. The van der Waals surface area contributed by atoms with E-state index in [0.29, 0.717) is 25.3 Å². The summed E-state index contributed by atoms with van der Waals surface area (Å²) in [6.45, 7) is 9.91. The zero-order valence-electron chi connectivity index (χ0n) is 12.8. The lowest BCUT2D eigenvalue weighted by Gasteiger charge is -2.25. The minimum Gasteiger partial charge on any atom is -0.328 e. The number of nitrogens with zero attached hydrogens (tertiary/aromatic N) is 5. The quantitative estimate of drug-likeness (QED) is 0.857. The van der Waals surface area contributed by atoms with Crippen LogP contribution >= 0.6 is 0 Å². The van der Waals surface area contributed by atoms with E-state index in [1.807, 2.05) is 17.7 Å². The number of carbonyl (C=O) groups is 1. The smallest absolute Gasteiger partial charge is 0.274 e. The average Bonchev–Trinajstić information content (AvgIpc) is 3.01. The van der Waals surface area contributed by atoms with Crippen LogP contribution in [0.3, 0.4) is 0 Å². The molecule has 0 saturated heterocycles. The normalized spacial score (nSPS) is 15.1. The van der Waals surface area contributed by atoms with Gasteiger partial charge in [-0.05, 0) is 13.0 Å². The molecular formula is C14H20N6O.